The van der Waals surface area contributed by atoms with Gasteiger partial charge in [-0.15, -0.1) is 0 Å². The second-order valence-corrected chi connectivity index (χ2v) is 5.33. The Morgan fingerprint density at radius 2 is 2.10 bits per heavy atom. The highest BCUT2D eigenvalue weighted by Crippen LogP contribution is 2.25. The molecule has 2 N–H and O–H groups in total. The van der Waals surface area contributed by atoms with Crippen molar-refractivity contribution < 1.29 is 15.0 Å². The summed E-state index contributed by atoms with van der Waals surface area (Å²) < 4.78 is 0. The number of hydrogen-bond donors (Lipinski definition) is 2. The number of likely N-dealkylation sites (N-methyl/N-ethyl adjacent to an activating group) is 1. The van der Waals surface area contributed by atoms with Crippen LogP contribution in [0, 0.1) is 0 Å². The molecular formula is C15H21NO3S. The Morgan fingerprint density at radius 3 is 2.70 bits per heavy atom. The number of hydrogen-bond acceptors (Lipinski definition) is 4. The van der Waals surface area contributed by atoms with Crippen LogP contribution in [0.25, 0.3) is 6.08 Å². The van der Waals surface area contributed by atoms with Gasteiger partial charge in [0.05, 0.1) is 0 Å². The molecule has 0 saturated carbocycles. The van der Waals surface area contributed by atoms with E-state index < -0.39 is 0 Å². The average Bonchev–Trinajstić information content (AvgIpc) is 2.44. The van der Waals surface area contributed by atoms with Gasteiger partial charge in [0, 0.05) is 19.2 Å². The quantitative estimate of drug-likeness (QED) is 0.461. The van der Waals surface area contributed by atoms with Gasteiger partial charge in [-0.2, -0.15) is 11.8 Å². The lowest BCUT2D eigenvalue weighted by atomic mass is 10.2. The highest BCUT2D eigenvalue weighted by atomic mass is 32.2. The molecule has 1 rings (SSSR count). The van der Waals surface area contributed by atoms with Crippen molar-refractivity contribution >= 4 is 23.7 Å². The third kappa shape index (κ3) is 5.17. The van der Waals surface area contributed by atoms with Crippen molar-refractivity contribution in [2.24, 2.45) is 0 Å². The molecular weight excluding hydrogens is 274 g/mol. The third-order valence-electron chi connectivity index (χ3n) is 2.89. The van der Waals surface area contributed by atoms with E-state index >= 15 is 0 Å². The SMILES string of the molecule is CCN(CCCSC)C(=O)/C=C/c1ccc(O)c(O)c1. The van der Waals surface area contributed by atoms with Crippen LogP contribution in [0.1, 0.15) is 18.9 Å². The fraction of sp³-hybridized carbons (Fsp3) is 0.400. The van der Waals surface area contributed by atoms with Gasteiger partial charge in [-0.3, -0.25) is 4.79 Å². The van der Waals surface area contributed by atoms with Crippen molar-refractivity contribution in [3.63, 3.8) is 0 Å². The largest absolute Gasteiger partial charge is 0.504 e. The lowest BCUT2D eigenvalue weighted by Gasteiger charge is -2.18. The predicted octanol–water partition coefficient (Wildman–Crippen LogP) is 2.71. The molecule has 0 saturated heterocycles. The molecule has 0 aliphatic carbocycles. The number of nitrogens with zero attached hydrogens (tertiary/aromatic N) is 1. The van der Waals surface area contributed by atoms with Gasteiger partial charge in [-0.05, 0) is 49.1 Å². The van der Waals surface area contributed by atoms with Crippen LogP contribution >= 0.6 is 11.8 Å². The van der Waals surface area contributed by atoms with Gasteiger partial charge in [0.2, 0.25) is 5.91 Å². The molecule has 20 heavy (non-hydrogen) atoms. The summed E-state index contributed by atoms with van der Waals surface area (Å²) in [5, 5.41) is 18.6. The Labute approximate surface area is 124 Å². The van der Waals surface area contributed by atoms with Crippen molar-refractivity contribution in [1.29, 1.82) is 0 Å². The Hall–Kier alpha value is -1.62. The van der Waals surface area contributed by atoms with Gasteiger partial charge in [0.15, 0.2) is 11.5 Å². The molecule has 0 radical (unpaired) electrons. The van der Waals surface area contributed by atoms with Gasteiger partial charge in [0.1, 0.15) is 0 Å². The van der Waals surface area contributed by atoms with E-state index in [4.69, 9.17) is 0 Å². The molecule has 4 nitrogen and oxygen atoms in total. The average molecular weight is 295 g/mol. The van der Waals surface area contributed by atoms with Crippen LogP contribution in [0.5, 0.6) is 11.5 Å². The van der Waals surface area contributed by atoms with Crippen LogP contribution in [-0.2, 0) is 4.79 Å². The highest BCUT2D eigenvalue weighted by Gasteiger charge is 2.07. The summed E-state index contributed by atoms with van der Waals surface area (Å²) in [6, 6.07) is 4.46. The lowest BCUT2D eigenvalue weighted by molar-refractivity contribution is -0.125. The Balaban J connectivity index is 2.62. The van der Waals surface area contributed by atoms with E-state index in [1.807, 2.05) is 6.92 Å². The van der Waals surface area contributed by atoms with Crippen LogP contribution in [0.2, 0.25) is 0 Å². The van der Waals surface area contributed by atoms with Crippen LogP contribution in [0.15, 0.2) is 24.3 Å². The van der Waals surface area contributed by atoms with E-state index in [2.05, 4.69) is 6.26 Å². The Kier molecular flexibility index (Phi) is 7.01. The summed E-state index contributed by atoms with van der Waals surface area (Å²) in [7, 11) is 0. The summed E-state index contributed by atoms with van der Waals surface area (Å²) in [6.07, 6.45) is 6.16. The molecule has 0 unspecified atom stereocenters. The summed E-state index contributed by atoms with van der Waals surface area (Å²) in [5.74, 6) is 0.646. The van der Waals surface area contributed by atoms with Gasteiger partial charge in [0.25, 0.3) is 0 Å². The standard InChI is InChI=1S/C15H21NO3S/c1-3-16(9-4-10-20-2)15(19)8-6-12-5-7-13(17)14(18)11-12/h5-8,11,17-18H,3-4,9-10H2,1-2H3/b8-6+. The molecule has 0 heterocycles. The lowest BCUT2D eigenvalue weighted by Crippen LogP contribution is -2.30. The first-order valence-electron chi connectivity index (χ1n) is 6.56. The van der Waals surface area contributed by atoms with E-state index in [-0.39, 0.29) is 17.4 Å². The Bertz CT molecular complexity index is 474. The molecule has 1 aromatic rings. The summed E-state index contributed by atoms with van der Waals surface area (Å²) >= 11 is 1.77. The number of rotatable bonds is 7. The van der Waals surface area contributed by atoms with Crippen molar-refractivity contribution in [2.45, 2.75) is 13.3 Å². The summed E-state index contributed by atoms with van der Waals surface area (Å²) in [5.41, 5.74) is 0.675. The molecule has 1 aromatic carbocycles. The van der Waals surface area contributed by atoms with E-state index in [0.29, 0.717) is 12.1 Å². The van der Waals surface area contributed by atoms with Gasteiger partial charge >= 0.3 is 0 Å². The number of phenolic OH excluding ortho intramolecular Hbond substituents is 2. The second kappa shape index (κ2) is 8.53. The van der Waals surface area contributed by atoms with Crippen LogP contribution < -0.4 is 0 Å². The molecule has 1 amide bonds. The number of benzene rings is 1. The molecule has 0 fully saturated rings. The summed E-state index contributed by atoms with van der Waals surface area (Å²) in [6.45, 7) is 3.39. The van der Waals surface area contributed by atoms with E-state index in [0.717, 1.165) is 18.7 Å². The first-order valence-corrected chi connectivity index (χ1v) is 7.95. The van der Waals surface area contributed by atoms with Crippen LogP contribution in [0.3, 0.4) is 0 Å². The highest BCUT2D eigenvalue weighted by molar-refractivity contribution is 7.98. The van der Waals surface area contributed by atoms with Gasteiger partial charge in [-0.25, -0.2) is 0 Å². The number of thioether (sulfide) groups is 1. The third-order valence-corrected chi connectivity index (χ3v) is 3.58. The second-order valence-electron chi connectivity index (χ2n) is 4.35. The summed E-state index contributed by atoms with van der Waals surface area (Å²) in [4.78, 5) is 13.8. The van der Waals surface area contributed by atoms with E-state index in [1.165, 1.54) is 18.2 Å². The first kappa shape index (κ1) is 16.4. The maximum absolute atomic E-state index is 12.0. The fourth-order valence-electron chi connectivity index (χ4n) is 1.74. The topological polar surface area (TPSA) is 60.8 Å². The number of aromatic hydroxyl groups is 2. The zero-order chi connectivity index (χ0) is 15.0. The van der Waals surface area contributed by atoms with Crippen molar-refractivity contribution in [3.8, 4) is 11.5 Å². The van der Waals surface area contributed by atoms with Crippen molar-refractivity contribution in [1.82, 2.24) is 4.90 Å². The molecule has 5 heteroatoms. The van der Waals surface area contributed by atoms with E-state index in [1.54, 1.807) is 28.8 Å². The molecule has 0 atom stereocenters. The number of carbonyl (C=O) groups excluding carboxylic acids is 1. The molecule has 0 aromatic heterocycles. The first-order chi connectivity index (χ1) is 9.58. The fourth-order valence-corrected chi connectivity index (χ4v) is 2.16. The zero-order valence-electron chi connectivity index (χ0n) is 11.9. The molecule has 0 aliphatic heterocycles. The molecule has 0 bridgehead atoms. The van der Waals surface area contributed by atoms with E-state index in [9.17, 15) is 15.0 Å². The predicted molar refractivity (Wildman–Crippen MR) is 84.1 cm³/mol. The van der Waals surface area contributed by atoms with Crippen LogP contribution in [0.4, 0.5) is 0 Å². The van der Waals surface area contributed by atoms with Crippen molar-refractivity contribution in [2.75, 3.05) is 25.1 Å². The number of carbonyl (C=O) groups is 1. The minimum absolute atomic E-state index is 0.0406. The number of phenols is 2. The smallest absolute Gasteiger partial charge is 0.246 e. The normalized spacial score (nSPS) is 10.9. The molecule has 0 spiro atoms. The molecule has 110 valence electrons. The zero-order valence-corrected chi connectivity index (χ0v) is 12.7. The number of amides is 1. The Morgan fingerprint density at radius 1 is 1.35 bits per heavy atom. The van der Waals surface area contributed by atoms with Gasteiger partial charge < -0.3 is 15.1 Å². The van der Waals surface area contributed by atoms with Crippen LogP contribution in [-0.4, -0.2) is 46.1 Å². The maximum Gasteiger partial charge on any atom is 0.246 e. The molecule has 0 aliphatic rings. The minimum atomic E-state index is -0.188. The monoisotopic (exact) mass is 295 g/mol. The maximum atomic E-state index is 12.0. The minimum Gasteiger partial charge on any atom is -0.504 e. The van der Waals surface area contributed by atoms with Gasteiger partial charge in [-0.1, -0.05) is 6.07 Å². The van der Waals surface area contributed by atoms with Crippen molar-refractivity contribution in [3.05, 3.63) is 29.8 Å².